The third-order valence-corrected chi connectivity index (χ3v) is 5.53. The highest BCUT2D eigenvalue weighted by atomic mass is 19.4. The Morgan fingerprint density at radius 1 is 1.31 bits per heavy atom. The van der Waals surface area contributed by atoms with E-state index in [1.165, 1.54) is 39.3 Å². The fourth-order valence-corrected chi connectivity index (χ4v) is 3.84. The van der Waals surface area contributed by atoms with Crippen LogP contribution in [0, 0.1) is 21.6 Å². The van der Waals surface area contributed by atoms with Gasteiger partial charge in [0, 0.05) is 37.6 Å². The molecule has 2 aromatic carbocycles. The van der Waals surface area contributed by atoms with Gasteiger partial charge in [-0.1, -0.05) is 6.07 Å². The first kappa shape index (κ1) is 26.7. The summed E-state index contributed by atoms with van der Waals surface area (Å²) in [7, 11) is 2.63. The largest absolute Gasteiger partial charge is 0.479 e. The maximum atomic E-state index is 13.1. The van der Waals surface area contributed by atoms with Crippen molar-refractivity contribution in [2.45, 2.75) is 37.1 Å². The molecule has 0 spiro atoms. The van der Waals surface area contributed by atoms with Gasteiger partial charge in [0.1, 0.15) is 17.9 Å². The number of guanidine groups is 1. The highest BCUT2D eigenvalue weighted by Crippen LogP contribution is 2.45. The number of rotatable bonds is 6. The van der Waals surface area contributed by atoms with Crippen LogP contribution in [0.4, 0.5) is 24.5 Å². The molecule has 0 radical (unpaired) electrons. The first-order valence-corrected chi connectivity index (χ1v) is 10.3. The number of aliphatic imine (C=N–C) groups is 1. The fraction of sp³-hybridized carbons (Fsp3) is 0.364. The summed E-state index contributed by atoms with van der Waals surface area (Å²) < 4.78 is 55.9. The van der Waals surface area contributed by atoms with E-state index in [1.54, 1.807) is 6.19 Å². The molecule has 0 aromatic heterocycles. The molecule has 36 heavy (non-hydrogen) atoms. The van der Waals surface area contributed by atoms with Crippen LogP contribution in [-0.2, 0) is 15.7 Å². The smallest absolute Gasteiger partial charge is 0.416 e. The molecule has 0 bridgehead atoms. The first-order valence-electron chi connectivity index (χ1n) is 10.3. The Morgan fingerprint density at radius 3 is 2.58 bits per heavy atom. The molecule has 1 heterocycles. The van der Waals surface area contributed by atoms with Crippen LogP contribution in [0.1, 0.15) is 24.1 Å². The van der Waals surface area contributed by atoms with Crippen molar-refractivity contribution in [2.24, 2.45) is 4.99 Å². The number of anilines is 1. The Balaban J connectivity index is 2.12. The van der Waals surface area contributed by atoms with Gasteiger partial charge in [-0.2, -0.15) is 18.4 Å². The van der Waals surface area contributed by atoms with Crippen LogP contribution in [0.2, 0.25) is 0 Å². The number of halogens is 3. The second kappa shape index (κ2) is 10.4. The summed E-state index contributed by atoms with van der Waals surface area (Å²) in [5.41, 5.74) is -2.78. The molecular formula is C22H22F3N5O6. The predicted octanol–water partition coefficient (Wildman–Crippen LogP) is 3.32. The Hall–Kier alpha value is -3.93. The van der Waals surface area contributed by atoms with E-state index >= 15 is 0 Å². The lowest BCUT2D eigenvalue weighted by Crippen LogP contribution is -2.59. The SMILES string of the molecule is COC(OC)[C@]1(C)Oc2ccc([N+](=O)[O-])cc2[C@H](N=C(NC#N)Nc2cccc(C(F)(F)F)c2)[C@H]1O. The van der Waals surface area contributed by atoms with E-state index in [2.05, 4.69) is 15.6 Å². The molecule has 0 unspecified atom stereocenters. The highest BCUT2D eigenvalue weighted by Gasteiger charge is 2.52. The van der Waals surface area contributed by atoms with Gasteiger partial charge in [0.25, 0.3) is 5.69 Å². The number of nitrogens with one attached hydrogen (secondary N) is 2. The lowest BCUT2D eigenvalue weighted by atomic mass is 9.84. The normalized spacial score (nSPS) is 21.8. The van der Waals surface area contributed by atoms with Gasteiger partial charge in [-0.3, -0.25) is 15.4 Å². The number of aliphatic hydroxyl groups is 1. The van der Waals surface area contributed by atoms with Crippen molar-refractivity contribution >= 4 is 17.3 Å². The minimum atomic E-state index is -4.61. The lowest BCUT2D eigenvalue weighted by Gasteiger charge is -2.45. The second-order valence-corrected chi connectivity index (χ2v) is 7.88. The van der Waals surface area contributed by atoms with E-state index in [0.29, 0.717) is 0 Å². The predicted molar refractivity (Wildman–Crippen MR) is 120 cm³/mol. The summed E-state index contributed by atoms with van der Waals surface area (Å²) in [5.74, 6) is -0.203. The molecule has 3 rings (SSSR count). The Bertz CT molecular complexity index is 1200. The first-order chi connectivity index (χ1) is 16.9. The third-order valence-electron chi connectivity index (χ3n) is 5.53. The number of non-ortho nitro benzene ring substituents is 1. The van der Waals surface area contributed by atoms with Crippen molar-refractivity contribution in [1.29, 1.82) is 5.26 Å². The van der Waals surface area contributed by atoms with Crippen LogP contribution >= 0.6 is 0 Å². The average molecular weight is 509 g/mol. The van der Waals surface area contributed by atoms with E-state index in [9.17, 15) is 33.7 Å². The van der Waals surface area contributed by atoms with Gasteiger partial charge in [0.05, 0.1) is 10.5 Å². The minimum absolute atomic E-state index is 0.0541. The molecule has 3 atom stereocenters. The van der Waals surface area contributed by atoms with Crippen molar-refractivity contribution < 1.29 is 37.4 Å². The number of fused-ring (bicyclic) bond motifs is 1. The summed E-state index contributed by atoms with van der Waals surface area (Å²) in [5, 5.41) is 36.6. The van der Waals surface area contributed by atoms with E-state index < -0.39 is 40.7 Å². The van der Waals surface area contributed by atoms with Crippen LogP contribution < -0.4 is 15.4 Å². The quantitative estimate of drug-likeness (QED) is 0.101. The molecule has 3 N–H and O–H groups in total. The van der Waals surface area contributed by atoms with Crippen molar-refractivity contribution in [3.8, 4) is 11.9 Å². The van der Waals surface area contributed by atoms with E-state index in [1.807, 2.05) is 0 Å². The molecule has 2 aromatic rings. The number of aliphatic hydroxyl groups excluding tert-OH is 1. The molecule has 0 saturated carbocycles. The van der Waals surface area contributed by atoms with Crippen molar-refractivity contribution in [2.75, 3.05) is 19.5 Å². The summed E-state index contributed by atoms with van der Waals surface area (Å²) in [6.45, 7) is 1.47. The fourth-order valence-electron chi connectivity index (χ4n) is 3.84. The van der Waals surface area contributed by atoms with Gasteiger partial charge in [0.2, 0.25) is 5.96 Å². The summed E-state index contributed by atoms with van der Waals surface area (Å²) in [6.07, 6.45) is -5.65. The van der Waals surface area contributed by atoms with Crippen LogP contribution in [-0.4, -0.2) is 48.2 Å². The Labute approximate surface area is 203 Å². The molecule has 11 nitrogen and oxygen atoms in total. The molecule has 0 fully saturated rings. The average Bonchev–Trinajstić information content (AvgIpc) is 2.82. The molecule has 0 saturated heterocycles. The van der Waals surface area contributed by atoms with E-state index in [4.69, 9.17) is 14.2 Å². The summed E-state index contributed by atoms with van der Waals surface area (Å²) in [6, 6.07) is 6.54. The van der Waals surface area contributed by atoms with E-state index in [-0.39, 0.29) is 28.6 Å². The number of alkyl halides is 3. The van der Waals surface area contributed by atoms with Gasteiger partial charge < -0.3 is 24.6 Å². The maximum absolute atomic E-state index is 13.1. The number of benzene rings is 2. The molecule has 1 aliphatic rings. The molecule has 14 heteroatoms. The molecule has 1 aliphatic heterocycles. The molecule has 192 valence electrons. The summed E-state index contributed by atoms with van der Waals surface area (Å²) in [4.78, 5) is 15.0. The Kier molecular flexibility index (Phi) is 7.68. The topological polar surface area (TPSA) is 151 Å². The Morgan fingerprint density at radius 2 is 2.00 bits per heavy atom. The monoisotopic (exact) mass is 509 g/mol. The number of nitrogens with zero attached hydrogens (tertiary/aromatic N) is 3. The molecule has 0 amide bonds. The number of nitro groups is 1. The highest BCUT2D eigenvalue weighted by molar-refractivity contribution is 5.94. The van der Waals surface area contributed by atoms with Crippen LogP contribution in [0.25, 0.3) is 0 Å². The van der Waals surface area contributed by atoms with Crippen molar-refractivity contribution in [1.82, 2.24) is 5.32 Å². The zero-order valence-electron chi connectivity index (χ0n) is 19.2. The van der Waals surface area contributed by atoms with Crippen molar-refractivity contribution in [3.05, 3.63) is 63.7 Å². The number of nitro benzene ring substituents is 1. The van der Waals surface area contributed by atoms with Crippen LogP contribution in [0.5, 0.6) is 5.75 Å². The van der Waals surface area contributed by atoms with E-state index in [0.717, 1.165) is 24.3 Å². The number of methoxy groups -OCH3 is 2. The van der Waals surface area contributed by atoms with Crippen molar-refractivity contribution in [3.63, 3.8) is 0 Å². The number of hydrogen-bond acceptors (Lipinski definition) is 8. The third kappa shape index (κ3) is 5.33. The van der Waals surface area contributed by atoms with Crippen LogP contribution in [0.3, 0.4) is 0 Å². The number of nitriles is 1. The second-order valence-electron chi connectivity index (χ2n) is 7.88. The zero-order chi connectivity index (χ0) is 26.7. The minimum Gasteiger partial charge on any atom is -0.479 e. The van der Waals surface area contributed by atoms with Gasteiger partial charge in [-0.15, -0.1) is 0 Å². The summed E-state index contributed by atoms with van der Waals surface area (Å²) >= 11 is 0. The maximum Gasteiger partial charge on any atom is 0.416 e. The zero-order valence-corrected chi connectivity index (χ0v) is 19.2. The van der Waals surface area contributed by atoms with Gasteiger partial charge in [0.15, 0.2) is 18.1 Å². The number of hydrogen-bond donors (Lipinski definition) is 3. The van der Waals surface area contributed by atoms with Crippen LogP contribution in [0.15, 0.2) is 47.5 Å². The van der Waals surface area contributed by atoms with Gasteiger partial charge in [-0.05, 0) is 31.2 Å². The molecular weight excluding hydrogens is 487 g/mol. The standard InChI is InChI=1S/C22H22F3N5O6/c1-21(19(34-2)35-3)18(31)17(15-10-14(30(32)33)7-8-16(15)36-21)29-20(27-11-26)28-13-6-4-5-12(9-13)22(23,24)25/h4-10,17-19,31H,1-3H3,(H2,27,28,29)/t17-,18+,21+/m0/s1. The van der Waals surface area contributed by atoms with Gasteiger partial charge in [-0.25, -0.2) is 4.99 Å². The number of ether oxygens (including phenoxy) is 3. The lowest BCUT2D eigenvalue weighted by molar-refractivity contribution is -0.385. The van der Waals surface area contributed by atoms with Gasteiger partial charge >= 0.3 is 6.18 Å². The molecule has 0 aliphatic carbocycles.